The molecule has 0 N–H and O–H groups in total. The number of aromatic nitrogens is 5. The van der Waals surface area contributed by atoms with Crippen molar-refractivity contribution in [3.8, 4) is 11.4 Å². The highest BCUT2D eigenvalue weighted by atomic mass is 16.5. The third-order valence-electron chi connectivity index (χ3n) is 4.50. The molecule has 2 aliphatic rings. The van der Waals surface area contributed by atoms with Gasteiger partial charge in [0.1, 0.15) is 0 Å². The zero-order valence-corrected chi connectivity index (χ0v) is 15.7. The Labute approximate surface area is 158 Å². The summed E-state index contributed by atoms with van der Waals surface area (Å²) in [6.45, 7) is 5.76. The van der Waals surface area contributed by atoms with Crippen molar-refractivity contribution >= 4 is 17.8 Å². The highest BCUT2D eigenvalue weighted by Gasteiger charge is 2.21. The van der Waals surface area contributed by atoms with E-state index in [4.69, 9.17) is 24.4 Å². The number of rotatable bonds is 4. The number of anilines is 3. The lowest BCUT2D eigenvalue weighted by Gasteiger charge is -2.30. The van der Waals surface area contributed by atoms with E-state index in [1.165, 1.54) is 0 Å². The van der Waals surface area contributed by atoms with E-state index in [-0.39, 0.29) is 0 Å². The van der Waals surface area contributed by atoms with Crippen LogP contribution < -0.4 is 14.7 Å². The van der Waals surface area contributed by atoms with Gasteiger partial charge in [0.05, 0.1) is 32.0 Å². The molecule has 4 heterocycles. The minimum absolute atomic E-state index is 0.582. The molecule has 2 aliphatic heterocycles. The number of hydrogen-bond donors (Lipinski definition) is 0. The molecular weight excluding hydrogens is 348 g/mol. The second kappa shape index (κ2) is 7.97. The van der Waals surface area contributed by atoms with Gasteiger partial charge in [0.25, 0.3) is 0 Å². The summed E-state index contributed by atoms with van der Waals surface area (Å²) in [6.07, 6.45) is 3.51. The predicted octanol–water partition coefficient (Wildman–Crippen LogP) is 0.0678. The summed E-state index contributed by atoms with van der Waals surface area (Å²) >= 11 is 0. The molecule has 27 heavy (non-hydrogen) atoms. The van der Waals surface area contributed by atoms with E-state index >= 15 is 0 Å². The van der Waals surface area contributed by atoms with Crippen LogP contribution in [0.1, 0.15) is 0 Å². The van der Waals surface area contributed by atoms with E-state index in [1.54, 1.807) is 12.4 Å². The van der Waals surface area contributed by atoms with Crippen LogP contribution in [-0.2, 0) is 9.47 Å². The van der Waals surface area contributed by atoms with Gasteiger partial charge in [0.2, 0.25) is 17.8 Å². The van der Waals surface area contributed by atoms with E-state index in [0.29, 0.717) is 50.1 Å². The summed E-state index contributed by atoms with van der Waals surface area (Å²) in [4.78, 5) is 29.0. The zero-order chi connectivity index (χ0) is 18.6. The molecular formula is C17H24N8O2. The summed E-state index contributed by atoms with van der Waals surface area (Å²) in [7, 11) is 3.82. The van der Waals surface area contributed by atoms with Crippen LogP contribution in [0.15, 0.2) is 12.4 Å². The van der Waals surface area contributed by atoms with Gasteiger partial charge in [-0.05, 0) is 0 Å². The van der Waals surface area contributed by atoms with Crippen LogP contribution in [0, 0.1) is 0 Å². The first-order valence-electron chi connectivity index (χ1n) is 9.12. The number of nitrogens with zero attached hydrogens (tertiary/aromatic N) is 8. The lowest BCUT2D eigenvalue weighted by molar-refractivity contribution is 0.121. The summed E-state index contributed by atoms with van der Waals surface area (Å²) < 4.78 is 10.9. The molecule has 0 saturated carbocycles. The Bertz CT molecular complexity index is 722. The molecule has 2 aromatic rings. The molecule has 144 valence electrons. The van der Waals surface area contributed by atoms with E-state index < -0.39 is 0 Å². The third kappa shape index (κ3) is 4.06. The fourth-order valence-corrected chi connectivity index (χ4v) is 2.96. The quantitative estimate of drug-likeness (QED) is 0.734. The van der Waals surface area contributed by atoms with E-state index in [1.807, 2.05) is 19.0 Å². The minimum Gasteiger partial charge on any atom is -0.378 e. The van der Waals surface area contributed by atoms with Crippen molar-refractivity contribution in [1.82, 2.24) is 24.9 Å². The average molecular weight is 372 g/mol. The van der Waals surface area contributed by atoms with Gasteiger partial charge in [-0.25, -0.2) is 9.97 Å². The summed E-state index contributed by atoms with van der Waals surface area (Å²) in [5.41, 5.74) is 0.770. The van der Waals surface area contributed by atoms with Crippen LogP contribution in [0.4, 0.5) is 17.8 Å². The first kappa shape index (κ1) is 17.8. The largest absolute Gasteiger partial charge is 0.378 e. The maximum Gasteiger partial charge on any atom is 0.230 e. The molecule has 0 bridgehead atoms. The van der Waals surface area contributed by atoms with Gasteiger partial charge in [-0.3, -0.25) is 0 Å². The fourth-order valence-electron chi connectivity index (χ4n) is 2.96. The molecule has 0 atom stereocenters. The van der Waals surface area contributed by atoms with Crippen LogP contribution in [-0.4, -0.2) is 91.6 Å². The van der Waals surface area contributed by atoms with Crippen molar-refractivity contribution in [3.63, 3.8) is 0 Å². The molecule has 4 rings (SSSR count). The van der Waals surface area contributed by atoms with Crippen LogP contribution in [0.2, 0.25) is 0 Å². The number of hydrogen-bond acceptors (Lipinski definition) is 10. The Morgan fingerprint density at radius 3 is 1.70 bits per heavy atom. The Balaban J connectivity index is 1.70. The van der Waals surface area contributed by atoms with Gasteiger partial charge < -0.3 is 24.2 Å². The monoisotopic (exact) mass is 372 g/mol. The van der Waals surface area contributed by atoms with Crippen LogP contribution in [0.5, 0.6) is 0 Å². The van der Waals surface area contributed by atoms with E-state index in [2.05, 4.69) is 19.8 Å². The normalized spacial score (nSPS) is 17.9. The Kier molecular flexibility index (Phi) is 5.26. The lowest BCUT2D eigenvalue weighted by Crippen LogP contribution is -2.40. The molecule has 2 saturated heterocycles. The molecule has 0 aliphatic carbocycles. The highest BCUT2D eigenvalue weighted by molar-refractivity contribution is 5.57. The standard InChI is InChI=1S/C17H24N8O2/c1-23(2)15-18-11-13(12-19-15)14-20-16(24-3-7-26-8-4-24)22-17(21-14)25-5-9-27-10-6-25/h11-12H,3-10H2,1-2H3. The molecule has 0 radical (unpaired) electrons. The summed E-state index contributed by atoms with van der Waals surface area (Å²) in [5, 5.41) is 0. The molecule has 10 nitrogen and oxygen atoms in total. The van der Waals surface area contributed by atoms with Crippen LogP contribution in [0.3, 0.4) is 0 Å². The Hall–Kier alpha value is -2.59. The molecule has 10 heteroatoms. The second-order valence-corrected chi connectivity index (χ2v) is 6.62. The predicted molar refractivity (Wildman–Crippen MR) is 101 cm³/mol. The first-order valence-corrected chi connectivity index (χ1v) is 9.12. The van der Waals surface area contributed by atoms with E-state index in [0.717, 1.165) is 31.7 Å². The van der Waals surface area contributed by atoms with Gasteiger partial charge in [-0.15, -0.1) is 0 Å². The first-order chi connectivity index (χ1) is 13.2. The summed E-state index contributed by atoms with van der Waals surface area (Å²) in [6, 6.07) is 0. The van der Waals surface area contributed by atoms with Crippen molar-refractivity contribution < 1.29 is 9.47 Å². The SMILES string of the molecule is CN(C)c1ncc(-c2nc(N3CCOCC3)nc(N3CCOCC3)n2)cn1. The van der Waals surface area contributed by atoms with Gasteiger partial charge in [0.15, 0.2) is 5.82 Å². The number of ether oxygens (including phenoxy) is 2. The zero-order valence-electron chi connectivity index (χ0n) is 15.7. The van der Waals surface area contributed by atoms with Crippen LogP contribution >= 0.6 is 0 Å². The van der Waals surface area contributed by atoms with Crippen molar-refractivity contribution in [3.05, 3.63) is 12.4 Å². The Morgan fingerprint density at radius 1 is 0.778 bits per heavy atom. The van der Waals surface area contributed by atoms with Crippen LogP contribution in [0.25, 0.3) is 11.4 Å². The topological polar surface area (TPSA) is 92.6 Å². The van der Waals surface area contributed by atoms with Crippen molar-refractivity contribution in [1.29, 1.82) is 0 Å². The lowest BCUT2D eigenvalue weighted by atomic mass is 10.3. The fraction of sp³-hybridized carbons (Fsp3) is 0.588. The minimum atomic E-state index is 0.582. The number of morpholine rings is 2. The van der Waals surface area contributed by atoms with Gasteiger partial charge in [0, 0.05) is 52.7 Å². The second-order valence-electron chi connectivity index (χ2n) is 6.62. The molecule has 0 amide bonds. The molecule has 0 aromatic carbocycles. The van der Waals surface area contributed by atoms with Gasteiger partial charge in [-0.2, -0.15) is 15.0 Å². The van der Waals surface area contributed by atoms with Crippen molar-refractivity contribution in [2.24, 2.45) is 0 Å². The smallest absolute Gasteiger partial charge is 0.230 e. The van der Waals surface area contributed by atoms with Crippen molar-refractivity contribution in [2.45, 2.75) is 0 Å². The summed E-state index contributed by atoms with van der Waals surface area (Å²) in [5.74, 6) is 2.57. The maximum absolute atomic E-state index is 5.45. The third-order valence-corrected chi connectivity index (χ3v) is 4.50. The van der Waals surface area contributed by atoms with Crippen molar-refractivity contribution in [2.75, 3.05) is 81.4 Å². The molecule has 2 aromatic heterocycles. The molecule has 0 unspecified atom stereocenters. The van der Waals surface area contributed by atoms with Gasteiger partial charge >= 0.3 is 0 Å². The van der Waals surface area contributed by atoms with E-state index in [9.17, 15) is 0 Å². The van der Waals surface area contributed by atoms with Gasteiger partial charge in [-0.1, -0.05) is 0 Å². The molecule has 0 spiro atoms. The molecule has 2 fully saturated rings. The Morgan fingerprint density at radius 2 is 1.26 bits per heavy atom. The highest BCUT2D eigenvalue weighted by Crippen LogP contribution is 2.22. The maximum atomic E-state index is 5.45. The average Bonchev–Trinajstić information content (AvgIpc) is 2.75.